The van der Waals surface area contributed by atoms with Gasteiger partial charge in [0.2, 0.25) is 0 Å². The highest BCUT2D eigenvalue weighted by molar-refractivity contribution is 6.35. The zero-order valence-electron chi connectivity index (χ0n) is 13.0. The fourth-order valence-electron chi connectivity index (χ4n) is 2.23. The summed E-state index contributed by atoms with van der Waals surface area (Å²) in [4.78, 5) is 35.0. The maximum Gasteiger partial charge on any atom is 0.272 e. The second-order valence-corrected chi connectivity index (χ2v) is 5.64. The van der Waals surface area contributed by atoms with Crippen molar-refractivity contribution < 1.29 is 14.0 Å². The lowest BCUT2D eigenvalue weighted by Gasteiger charge is -2.06. The number of halogens is 2. The molecule has 0 unspecified atom stereocenters. The maximum atomic E-state index is 14.0. The fraction of sp³-hybridized carbons (Fsp3) is 0.0588. The van der Waals surface area contributed by atoms with Crippen LogP contribution in [0.2, 0.25) is 5.02 Å². The molecule has 0 bridgehead atoms. The molecule has 0 saturated carbocycles. The van der Waals surface area contributed by atoms with Crippen molar-refractivity contribution in [2.45, 2.75) is 6.92 Å². The molecule has 2 N–H and O–H groups in total. The van der Waals surface area contributed by atoms with E-state index in [1.54, 1.807) is 6.92 Å². The Hall–Kier alpha value is -3.06. The number of benzene rings is 1. The minimum atomic E-state index is -0.714. The molecule has 8 heteroatoms. The molecule has 3 rings (SSSR count). The Kier molecular flexibility index (Phi) is 4.58. The van der Waals surface area contributed by atoms with Crippen molar-refractivity contribution in [1.29, 1.82) is 0 Å². The van der Waals surface area contributed by atoms with Crippen LogP contribution in [0, 0.1) is 12.7 Å². The molecule has 3 aromatic rings. The van der Waals surface area contributed by atoms with Gasteiger partial charge in [-0.3, -0.25) is 9.59 Å². The van der Waals surface area contributed by atoms with Gasteiger partial charge in [0.15, 0.2) is 5.78 Å². The number of ketones is 1. The van der Waals surface area contributed by atoms with Gasteiger partial charge in [-0.15, -0.1) is 0 Å². The monoisotopic (exact) mass is 358 g/mol. The maximum absolute atomic E-state index is 14.0. The van der Waals surface area contributed by atoms with E-state index in [-0.39, 0.29) is 21.8 Å². The first-order valence-electron chi connectivity index (χ1n) is 7.21. The molecule has 0 radical (unpaired) electrons. The largest absolute Gasteiger partial charge is 0.356 e. The molecule has 0 aliphatic heterocycles. The third-order valence-electron chi connectivity index (χ3n) is 3.52. The summed E-state index contributed by atoms with van der Waals surface area (Å²) in [5.74, 6) is -1.80. The molecule has 0 fully saturated rings. The van der Waals surface area contributed by atoms with E-state index in [9.17, 15) is 14.0 Å². The van der Waals surface area contributed by atoms with Crippen LogP contribution in [0.25, 0.3) is 0 Å². The third-order valence-corrected chi connectivity index (χ3v) is 4.01. The van der Waals surface area contributed by atoms with Crippen molar-refractivity contribution in [3.8, 4) is 0 Å². The normalized spacial score (nSPS) is 10.5. The first-order valence-corrected chi connectivity index (χ1v) is 7.59. The molecule has 6 nitrogen and oxygen atoms in total. The molecule has 2 aromatic heterocycles. The van der Waals surface area contributed by atoms with E-state index in [1.165, 1.54) is 43.1 Å². The highest BCUT2D eigenvalue weighted by Gasteiger charge is 2.21. The second kappa shape index (κ2) is 6.82. The van der Waals surface area contributed by atoms with E-state index in [0.29, 0.717) is 11.3 Å². The van der Waals surface area contributed by atoms with Gasteiger partial charge in [-0.05, 0) is 24.6 Å². The summed E-state index contributed by atoms with van der Waals surface area (Å²) in [6.07, 6.45) is 5.53. The highest BCUT2D eigenvalue weighted by atomic mass is 35.5. The molecule has 0 spiro atoms. The van der Waals surface area contributed by atoms with Crippen molar-refractivity contribution in [2.75, 3.05) is 5.32 Å². The third kappa shape index (κ3) is 3.41. The van der Waals surface area contributed by atoms with Gasteiger partial charge in [0.1, 0.15) is 17.8 Å². The van der Waals surface area contributed by atoms with Gasteiger partial charge in [-0.1, -0.05) is 17.7 Å². The van der Waals surface area contributed by atoms with Crippen molar-refractivity contribution in [3.63, 3.8) is 0 Å². The Morgan fingerprint density at radius 1 is 1.24 bits per heavy atom. The molecule has 0 atom stereocenters. The average molecular weight is 359 g/mol. The number of carbonyl (C=O) groups is 2. The topological polar surface area (TPSA) is 87.7 Å². The summed E-state index contributed by atoms with van der Waals surface area (Å²) in [5, 5.41) is 2.63. The van der Waals surface area contributed by atoms with Gasteiger partial charge >= 0.3 is 0 Å². The van der Waals surface area contributed by atoms with Crippen LogP contribution in [-0.4, -0.2) is 26.6 Å². The number of amides is 1. The number of aryl methyl sites for hydroxylation is 1. The number of hydrogen-bond donors (Lipinski definition) is 2. The molecule has 0 aliphatic carbocycles. The number of carbonyl (C=O) groups excluding carboxylic acids is 2. The first kappa shape index (κ1) is 16.8. The predicted molar refractivity (Wildman–Crippen MR) is 90.4 cm³/mol. The van der Waals surface area contributed by atoms with Gasteiger partial charge in [0.25, 0.3) is 5.91 Å². The first-order chi connectivity index (χ1) is 12.0. The molecule has 126 valence electrons. The van der Waals surface area contributed by atoms with Crippen LogP contribution in [0.3, 0.4) is 0 Å². The molecule has 1 aromatic carbocycles. The Labute approximate surface area is 147 Å². The summed E-state index contributed by atoms with van der Waals surface area (Å²) in [6, 6.07) is 4.01. The lowest BCUT2D eigenvalue weighted by atomic mass is 10.0. The lowest BCUT2D eigenvalue weighted by molar-refractivity contribution is 0.102. The van der Waals surface area contributed by atoms with Gasteiger partial charge in [-0.2, -0.15) is 0 Å². The number of hydrogen-bond acceptors (Lipinski definition) is 4. The number of anilines is 1. The van der Waals surface area contributed by atoms with Crippen LogP contribution in [0.5, 0.6) is 0 Å². The van der Waals surface area contributed by atoms with Gasteiger partial charge in [0, 0.05) is 11.8 Å². The van der Waals surface area contributed by atoms with Crippen LogP contribution >= 0.6 is 11.6 Å². The number of H-pyrrole nitrogens is 1. The van der Waals surface area contributed by atoms with E-state index in [0.717, 1.165) is 0 Å². The Morgan fingerprint density at radius 3 is 2.68 bits per heavy atom. The van der Waals surface area contributed by atoms with Crippen molar-refractivity contribution in [2.24, 2.45) is 0 Å². The van der Waals surface area contributed by atoms with Crippen LogP contribution in [0.4, 0.5) is 10.1 Å². The smallest absolute Gasteiger partial charge is 0.272 e. The number of nitrogens with one attached hydrogen (secondary N) is 2. The van der Waals surface area contributed by atoms with Gasteiger partial charge in [0.05, 0.1) is 28.7 Å². The summed E-state index contributed by atoms with van der Waals surface area (Å²) in [7, 11) is 0. The van der Waals surface area contributed by atoms with Gasteiger partial charge in [-0.25, -0.2) is 14.4 Å². The van der Waals surface area contributed by atoms with Crippen molar-refractivity contribution >= 4 is 29.0 Å². The van der Waals surface area contributed by atoms with E-state index in [4.69, 9.17) is 11.6 Å². The predicted octanol–water partition coefficient (Wildman–Crippen LogP) is 3.39. The number of aromatic amines is 1. The summed E-state index contributed by atoms with van der Waals surface area (Å²) in [6.45, 7) is 1.68. The van der Waals surface area contributed by atoms with Crippen LogP contribution < -0.4 is 5.32 Å². The SMILES string of the molecule is Cc1ccc(F)c(C(=O)c2c[nH]c(C(=O)Nc3cncnc3)c2)c1Cl. The number of nitrogens with zero attached hydrogens (tertiary/aromatic N) is 2. The van der Waals surface area contributed by atoms with Crippen LogP contribution in [0.1, 0.15) is 32.0 Å². The minimum absolute atomic E-state index is 0.0543. The molecule has 2 heterocycles. The molecular formula is C17H12ClFN4O2. The minimum Gasteiger partial charge on any atom is -0.356 e. The van der Waals surface area contributed by atoms with E-state index >= 15 is 0 Å². The Morgan fingerprint density at radius 2 is 1.96 bits per heavy atom. The van der Waals surface area contributed by atoms with E-state index < -0.39 is 17.5 Å². The quantitative estimate of drug-likeness (QED) is 0.700. The summed E-state index contributed by atoms with van der Waals surface area (Å²) in [5.41, 5.74) is 1.04. The van der Waals surface area contributed by atoms with Gasteiger partial charge < -0.3 is 10.3 Å². The molecule has 1 amide bonds. The molecule has 25 heavy (non-hydrogen) atoms. The lowest BCUT2D eigenvalue weighted by Crippen LogP contribution is -2.12. The zero-order valence-corrected chi connectivity index (χ0v) is 13.8. The van der Waals surface area contributed by atoms with E-state index in [2.05, 4.69) is 20.3 Å². The van der Waals surface area contributed by atoms with E-state index in [1.807, 2.05) is 0 Å². The summed E-state index contributed by atoms with van der Waals surface area (Å²) < 4.78 is 14.0. The Balaban J connectivity index is 1.85. The fourth-order valence-corrected chi connectivity index (χ4v) is 2.47. The zero-order chi connectivity index (χ0) is 18.0. The Bertz CT molecular complexity index is 957. The van der Waals surface area contributed by atoms with Crippen LogP contribution in [0.15, 0.2) is 43.1 Å². The molecule has 0 saturated heterocycles. The summed E-state index contributed by atoms with van der Waals surface area (Å²) >= 11 is 6.06. The number of aromatic nitrogens is 3. The van der Waals surface area contributed by atoms with Crippen LogP contribution in [-0.2, 0) is 0 Å². The second-order valence-electron chi connectivity index (χ2n) is 5.27. The van der Waals surface area contributed by atoms with Crippen molar-refractivity contribution in [3.05, 3.63) is 76.3 Å². The van der Waals surface area contributed by atoms with Crippen molar-refractivity contribution in [1.82, 2.24) is 15.0 Å². The standard InChI is InChI=1S/C17H12ClFN4O2/c1-9-2-3-12(19)14(15(9)18)16(24)10-4-13(22-5-10)17(25)23-11-6-20-8-21-7-11/h2-8,22H,1H3,(H,23,25). The average Bonchev–Trinajstić information content (AvgIpc) is 3.09. The highest BCUT2D eigenvalue weighted by Crippen LogP contribution is 2.26. The molecule has 0 aliphatic rings. The molecular weight excluding hydrogens is 347 g/mol. The number of rotatable bonds is 4.